The van der Waals surface area contributed by atoms with E-state index in [1.165, 1.54) is 6.07 Å². The molecule has 0 saturated heterocycles. The molecular weight excluding hydrogens is 194 g/mol. The second kappa shape index (κ2) is 5.43. The molecule has 1 rings (SSSR count). The summed E-state index contributed by atoms with van der Waals surface area (Å²) in [5.74, 6) is 0. The topological polar surface area (TPSA) is 95.2 Å². The number of nitro benzene ring substituents is 1. The van der Waals surface area contributed by atoms with Gasteiger partial charge in [-0.25, -0.2) is 0 Å². The Hall–Kier alpha value is -1.46. The van der Waals surface area contributed by atoms with Crippen LogP contribution in [0.1, 0.15) is 12.0 Å². The van der Waals surface area contributed by atoms with E-state index in [1.807, 2.05) is 0 Å². The van der Waals surface area contributed by atoms with Crippen LogP contribution in [0.5, 0.6) is 0 Å². The summed E-state index contributed by atoms with van der Waals surface area (Å²) in [5, 5.41) is 10.7. The molecule has 0 aliphatic heterocycles. The molecule has 0 fully saturated rings. The Balaban J connectivity index is 2.72. The molecule has 0 bridgehead atoms. The normalized spacial score (nSPS) is 12.4. The Kier molecular flexibility index (Phi) is 4.20. The van der Waals surface area contributed by atoms with E-state index in [2.05, 4.69) is 0 Å². The van der Waals surface area contributed by atoms with Crippen LogP contribution in [0.3, 0.4) is 0 Å². The maximum absolute atomic E-state index is 10.7. The van der Waals surface area contributed by atoms with Crippen molar-refractivity contribution >= 4 is 5.69 Å². The molecule has 0 aliphatic carbocycles. The molecule has 5 heteroatoms. The Bertz CT molecular complexity index is 341. The van der Waals surface area contributed by atoms with Crippen LogP contribution in [-0.2, 0) is 6.42 Å². The maximum atomic E-state index is 10.7. The van der Waals surface area contributed by atoms with Crippen LogP contribution in [0.25, 0.3) is 0 Å². The van der Waals surface area contributed by atoms with Gasteiger partial charge < -0.3 is 11.5 Å². The minimum absolute atomic E-state index is 0.0928. The quantitative estimate of drug-likeness (QED) is 0.554. The molecular formula is C10H15N3O2. The van der Waals surface area contributed by atoms with Gasteiger partial charge in [0.05, 0.1) is 4.92 Å². The van der Waals surface area contributed by atoms with Crippen molar-refractivity contribution in [2.24, 2.45) is 11.5 Å². The zero-order valence-electron chi connectivity index (χ0n) is 8.43. The third-order valence-electron chi connectivity index (χ3n) is 2.28. The lowest BCUT2D eigenvalue weighted by atomic mass is 10.0. The molecule has 1 aromatic carbocycles. The van der Waals surface area contributed by atoms with E-state index in [0.717, 1.165) is 0 Å². The Morgan fingerprint density at radius 2 is 2.07 bits per heavy atom. The van der Waals surface area contributed by atoms with Gasteiger partial charge in [0.15, 0.2) is 0 Å². The van der Waals surface area contributed by atoms with E-state index in [4.69, 9.17) is 11.5 Å². The summed E-state index contributed by atoms with van der Waals surface area (Å²) in [6.07, 6.45) is 1.26. The zero-order chi connectivity index (χ0) is 11.3. The average molecular weight is 209 g/mol. The van der Waals surface area contributed by atoms with Crippen LogP contribution >= 0.6 is 0 Å². The van der Waals surface area contributed by atoms with Crippen LogP contribution < -0.4 is 11.5 Å². The van der Waals surface area contributed by atoms with Gasteiger partial charge in [-0.05, 0) is 12.8 Å². The standard InChI is InChI=1S/C10H15N3O2/c11-7-9(12)6-5-8-3-1-2-4-10(8)13(14)15/h1-4,9H,5-7,11-12H2. The molecule has 0 aromatic heterocycles. The minimum atomic E-state index is -0.372. The fourth-order valence-electron chi connectivity index (χ4n) is 1.36. The number of nitrogens with zero attached hydrogens (tertiary/aromatic N) is 1. The van der Waals surface area contributed by atoms with Crippen LogP contribution in [0.2, 0.25) is 0 Å². The lowest BCUT2D eigenvalue weighted by Gasteiger charge is -2.08. The van der Waals surface area contributed by atoms with Gasteiger partial charge in [-0.2, -0.15) is 0 Å². The fourth-order valence-corrected chi connectivity index (χ4v) is 1.36. The highest BCUT2D eigenvalue weighted by molar-refractivity contribution is 5.39. The Morgan fingerprint density at radius 3 is 2.67 bits per heavy atom. The van der Waals surface area contributed by atoms with E-state index in [-0.39, 0.29) is 16.7 Å². The molecule has 0 saturated carbocycles. The predicted molar refractivity (Wildman–Crippen MR) is 58.4 cm³/mol. The number of nitrogens with two attached hydrogens (primary N) is 2. The second-order valence-electron chi connectivity index (χ2n) is 3.42. The SMILES string of the molecule is NCC(N)CCc1ccccc1[N+](=O)[O-]. The van der Waals surface area contributed by atoms with Crippen molar-refractivity contribution in [1.29, 1.82) is 0 Å². The number of benzene rings is 1. The van der Waals surface area contributed by atoms with Crippen molar-refractivity contribution in [3.8, 4) is 0 Å². The van der Waals surface area contributed by atoms with Crippen molar-refractivity contribution in [2.75, 3.05) is 6.54 Å². The van der Waals surface area contributed by atoms with E-state index < -0.39 is 0 Å². The first-order chi connectivity index (χ1) is 7.15. The highest BCUT2D eigenvalue weighted by Crippen LogP contribution is 2.19. The molecule has 0 heterocycles. The summed E-state index contributed by atoms with van der Waals surface area (Å²) in [7, 11) is 0. The zero-order valence-corrected chi connectivity index (χ0v) is 8.43. The molecule has 5 nitrogen and oxygen atoms in total. The van der Waals surface area contributed by atoms with Gasteiger partial charge in [0.2, 0.25) is 0 Å². The van der Waals surface area contributed by atoms with Crippen LogP contribution in [0.15, 0.2) is 24.3 Å². The van der Waals surface area contributed by atoms with E-state index in [9.17, 15) is 10.1 Å². The first-order valence-electron chi connectivity index (χ1n) is 4.83. The van der Waals surface area contributed by atoms with E-state index in [0.29, 0.717) is 24.9 Å². The van der Waals surface area contributed by atoms with Gasteiger partial charge in [0, 0.05) is 24.2 Å². The lowest BCUT2D eigenvalue weighted by Crippen LogP contribution is -2.30. The number of nitro groups is 1. The van der Waals surface area contributed by atoms with Crippen molar-refractivity contribution in [2.45, 2.75) is 18.9 Å². The van der Waals surface area contributed by atoms with E-state index >= 15 is 0 Å². The highest BCUT2D eigenvalue weighted by Gasteiger charge is 2.12. The van der Waals surface area contributed by atoms with Gasteiger partial charge in [-0.15, -0.1) is 0 Å². The molecule has 1 unspecified atom stereocenters. The first kappa shape index (κ1) is 11.6. The van der Waals surface area contributed by atoms with Crippen LogP contribution in [0, 0.1) is 10.1 Å². The van der Waals surface area contributed by atoms with Gasteiger partial charge in [0.25, 0.3) is 5.69 Å². The molecule has 0 amide bonds. The number of para-hydroxylation sites is 1. The van der Waals surface area contributed by atoms with Crippen molar-refractivity contribution in [1.82, 2.24) is 0 Å². The monoisotopic (exact) mass is 209 g/mol. The van der Waals surface area contributed by atoms with Crippen molar-refractivity contribution in [3.05, 3.63) is 39.9 Å². The molecule has 1 atom stereocenters. The number of hydrogen-bond acceptors (Lipinski definition) is 4. The summed E-state index contributed by atoms with van der Waals surface area (Å²) >= 11 is 0. The first-order valence-corrected chi connectivity index (χ1v) is 4.83. The van der Waals surface area contributed by atoms with Crippen molar-refractivity contribution in [3.63, 3.8) is 0 Å². The van der Waals surface area contributed by atoms with Crippen LogP contribution in [-0.4, -0.2) is 17.5 Å². The molecule has 0 aliphatic rings. The number of rotatable bonds is 5. The van der Waals surface area contributed by atoms with Gasteiger partial charge in [0.1, 0.15) is 0 Å². The van der Waals surface area contributed by atoms with Crippen molar-refractivity contribution < 1.29 is 4.92 Å². The molecule has 4 N–H and O–H groups in total. The predicted octanol–water partition coefficient (Wildman–Crippen LogP) is 0.813. The van der Waals surface area contributed by atoms with Gasteiger partial charge in [-0.3, -0.25) is 10.1 Å². The lowest BCUT2D eigenvalue weighted by molar-refractivity contribution is -0.385. The molecule has 1 aromatic rings. The maximum Gasteiger partial charge on any atom is 0.272 e. The summed E-state index contributed by atoms with van der Waals surface area (Å²) in [5.41, 5.74) is 11.9. The van der Waals surface area contributed by atoms with E-state index in [1.54, 1.807) is 18.2 Å². The third-order valence-corrected chi connectivity index (χ3v) is 2.28. The summed E-state index contributed by atoms with van der Waals surface area (Å²) < 4.78 is 0. The molecule has 0 radical (unpaired) electrons. The average Bonchev–Trinajstić information content (AvgIpc) is 2.26. The minimum Gasteiger partial charge on any atom is -0.329 e. The molecule has 82 valence electrons. The summed E-state index contributed by atoms with van der Waals surface area (Å²) in [6.45, 7) is 0.403. The van der Waals surface area contributed by atoms with Gasteiger partial charge >= 0.3 is 0 Å². The smallest absolute Gasteiger partial charge is 0.272 e. The third kappa shape index (κ3) is 3.30. The largest absolute Gasteiger partial charge is 0.329 e. The molecule has 15 heavy (non-hydrogen) atoms. The van der Waals surface area contributed by atoms with Gasteiger partial charge in [-0.1, -0.05) is 18.2 Å². The molecule has 0 spiro atoms. The Morgan fingerprint density at radius 1 is 1.40 bits per heavy atom. The second-order valence-corrected chi connectivity index (χ2v) is 3.42. The highest BCUT2D eigenvalue weighted by atomic mass is 16.6. The summed E-state index contributed by atoms with van der Waals surface area (Å²) in [4.78, 5) is 10.3. The fraction of sp³-hybridized carbons (Fsp3) is 0.400. The number of hydrogen-bond donors (Lipinski definition) is 2. The summed E-state index contributed by atoms with van der Waals surface area (Å²) in [6, 6.07) is 6.61. The Labute approximate surface area is 88.2 Å². The van der Waals surface area contributed by atoms with Crippen LogP contribution in [0.4, 0.5) is 5.69 Å². The number of aryl methyl sites for hydroxylation is 1.